The minimum atomic E-state index is 0.0862. The van der Waals surface area contributed by atoms with Crippen molar-refractivity contribution in [3.63, 3.8) is 0 Å². The van der Waals surface area contributed by atoms with Crippen LogP contribution in [0.3, 0.4) is 0 Å². The molecule has 0 radical (unpaired) electrons. The van der Waals surface area contributed by atoms with Gasteiger partial charge in [0.15, 0.2) is 5.84 Å². The molecule has 0 aliphatic heterocycles. The summed E-state index contributed by atoms with van der Waals surface area (Å²) in [7, 11) is 0. The van der Waals surface area contributed by atoms with Crippen LogP contribution in [0.5, 0.6) is 5.75 Å². The highest BCUT2D eigenvalue weighted by molar-refractivity contribution is 7.98. The maximum atomic E-state index is 8.89. The van der Waals surface area contributed by atoms with E-state index in [0.29, 0.717) is 23.8 Å². The highest BCUT2D eigenvalue weighted by Crippen LogP contribution is 2.29. The first-order chi connectivity index (χ1) is 9.13. The Morgan fingerprint density at radius 2 is 2.26 bits per heavy atom. The summed E-state index contributed by atoms with van der Waals surface area (Å²) in [6.45, 7) is 4.95. The van der Waals surface area contributed by atoms with Crippen molar-refractivity contribution in [2.24, 2.45) is 16.8 Å². The highest BCUT2D eigenvalue weighted by Gasteiger charge is 2.14. The van der Waals surface area contributed by atoms with Crippen LogP contribution in [-0.2, 0) is 0 Å². The fourth-order valence-corrected chi connectivity index (χ4v) is 2.54. The van der Waals surface area contributed by atoms with E-state index in [9.17, 15) is 0 Å². The second-order valence-corrected chi connectivity index (χ2v) is 5.37. The van der Waals surface area contributed by atoms with Gasteiger partial charge in [0.05, 0.1) is 12.2 Å². The lowest BCUT2D eigenvalue weighted by Crippen LogP contribution is -2.17. The fraction of sp³-hybridized carbons (Fsp3) is 0.500. The molecule has 1 rings (SSSR count). The quantitative estimate of drug-likeness (QED) is 0.265. The Labute approximate surface area is 119 Å². The number of nitrogens with two attached hydrogens (primary N) is 1. The molecule has 0 aliphatic rings. The number of thioether (sulfide) groups is 1. The van der Waals surface area contributed by atoms with Gasteiger partial charge in [-0.1, -0.05) is 31.5 Å². The average Bonchev–Trinajstić information content (AvgIpc) is 2.44. The van der Waals surface area contributed by atoms with E-state index in [4.69, 9.17) is 15.7 Å². The summed E-state index contributed by atoms with van der Waals surface area (Å²) in [5.41, 5.74) is 6.41. The molecule has 3 N–H and O–H groups in total. The van der Waals surface area contributed by atoms with Crippen molar-refractivity contribution in [3.8, 4) is 5.75 Å². The van der Waals surface area contributed by atoms with Crippen LogP contribution in [0.1, 0.15) is 32.3 Å². The third-order valence-electron chi connectivity index (χ3n) is 2.88. The van der Waals surface area contributed by atoms with Crippen LogP contribution in [0.2, 0.25) is 0 Å². The summed E-state index contributed by atoms with van der Waals surface area (Å²) in [4.78, 5) is 0.941. The SMILES string of the molecule is CCCC(C)COc1cccc(SC)c1/C(N)=N/O. The minimum Gasteiger partial charge on any atom is -0.493 e. The summed E-state index contributed by atoms with van der Waals surface area (Å²) in [6.07, 6.45) is 4.22. The summed E-state index contributed by atoms with van der Waals surface area (Å²) in [5, 5.41) is 12.0. The number of hydrogen-bond donors (Lipinski definition) is 2. The summed E-state index contributed by atoms with van der Waals surface area (Å²) >= 11 is 1.55. The first-order valence-corrected chi connectivity index (χ1v) is 7.64. The van der Waals surface area contributed by atoms with Crippen molar-refractivity contribution in [1.82, 2.24) is 0 Å². The molecule has 19 heavy (non-hydrogen) atoms. The Morgan fingerprint density at radius 1 is 1.53 bits per heavy atom. The zero-order chi connectivity index (χ0) is 14.3. The Balaban J connectivity index is 2.94. The van der Waals surface area contributed by atoms with E-state index >= 15 is 0 Å². The maximum Gasteiger partial charge on any atom is 0.174 e. The van der Waals surface area contributed by atoms with Crippen LogP contribution in [0.25, 0.3) is 0 Å². The monoisotopic (exact) mass is 282 g/mol. The number of amidine groups is 1. The van der Waals surface area contributed by atoms with Crippen LogP contribution in [0, 0.1) is 5.92 Å². The maximum absolute atomic E-state index is 8.89. The molecule has 0 aliphatic carbocycles. The Kier molecular flexibility index (Phi) is 6.56. The normalized spacial score (nSPS) is 13.3. The molecule has 0 saturated carbocycles. The molecule has 106 valence electrons. The number of ether oxygens (including phenoxy) is 1. The van der Waals surface area contributed by atoms with Gasteiger partial charge in [-0.05, 0) is 30.7 Å². The number of hydrogen-bond acceptors (Lipinski definition) is 4. The third kappa shape index (κ3) is 4.35. The van der Waals surface area contributed by atoms with E-state index in [0.717, 1.165) is 17.7 Å². The van der Waals surface area contributed by atoms with Crippen LogP contribution in [-0.4, -0.2) is 23.9 Å². The van der Waals surface area contributed by atoms with Crippen LogP contribution < -0.4 is 10.5 Å². The molecular weight excluding hydrogens is 260 g/mol. The van der Waals surface area contributed by atoms with Crippen molar-refractivity contribution in [2.45, 2.75) is 31.6 Å². The van der Waals surface area contributed by atoms with E-state index in [1.54, 1.807) is 11.8 Å². The molecule has 1 unspecified atom stereocenters. The van der Waals surface area contributed by atoms with Gasteiger partial charge in [-0.2, -0.15) is 0 Å². The predicted molar refractivity (Wildman–Crippen MR) is 80.3 cm³/mol. The number of oxime groups is 1. The van der Waals surface area contributed by atoms with Gasteiger partial charge in [0.2, 0.25) is 0 Å². The van der Waals surface area contributed by atoms with E-state index < -0.39 is 0 Å². The zero-order valence-corrected chi connectivity index (χ0v) is 12.5. The molecule has 4 nitrogen and oxygen atoms in total. The summed E-state index contributed by atoms with van der Waals surface area (Å²) < 4.78 is 5.83. The van der Waals surface area contributed by atoms with Crippen molar-refractivity contribution in [3.05, 3.63) is 23.8 Å². The molecule has 0 amide bonds. The van der Waals surface area contributed by atoms with Crippen molar-refractivity contribution in [1.29, 1.82) is 0 Å². The second-order valence-electron chi connectivity index (χ2n) is 4.52. The molecular formula is C14H22N2O2S. The van der Waals surface area contributed by atoms with Gasteiger partial charge >= 0.3 is 0 Å². The van der Waals surface area contributed by atoms with Gasteiger partial charge in [0, 0.05) is 4.90 Å². The Morgan fingerprint density at radius 3 is 2.84 bits per heavy atom. The molecule has 1 aromatic rings. The van der Waals surface area contributed by atoms with Crippen molar-refractivity contribution >= 4 is 17.6 Å². The van der Waals surface area contributed by atoms with Gasteiger partial charge in [-0.15, -0.1) is 11.8 Å². The zero-order valence-electron chi connectivity index (χ0n) is 11.7. The van der Waals surface area contributed by atoms with Gasteiger partial charge < -0.3 is 15.7 Å². The van der Waals surface area contributed by atoms with Crippen LogP contribution in [0.4, 0.5) is 0 Å². The Bertz CT molecular complexity index is 435. The van der Waals surface area contributed by atoms with Gasteiger partial charge in [-0.3, -0.25) is 0 Å². The van der Waals surface area contributed by atoms with Crippen LogP contribution >= 0.6 is 11.8 Å². The van der Waals surface area contributed by atoms with Gasteiger partial charge in [-0.25, -0.2) is 0 Å². The Hall–Kier alpha value is -1.36. The molecule has 0 heterocycles. The number of rotatable bonds is 7. The molecule has 0 bridgehead atoms. The van der Waals surface area contributed by atoms with Gasteiger partial charge in [0.1, 0.15) is 5.75 Å². The lowest BCUT2D eigenvalue weighted by Gasteiger charge is -2.16. The first-order valence-electron chi connectivity index (χ1n) is 6.41. The standard InChI is InChI=1S/C14H22N2O2S/c1-4-6-10(2)9-18-11-7-5-8-12(19-3)13(11)14(15)16-17/h5,7-8,10,17H,4,6,9H2,1-3H3,(H2,15,16). The molecule has 1 atom stereocenters. The lowest BCUT2D eigenvalue weighted by atomic mass is 10.1. The number of benzene rings is 1. The summed E-state index contributed by atoms with van der Waals surface area (Å²) in [5.74, 6) is 1.25. The van der Waals surface area contributed by atoms with Gasteiger partial charge in [0.25, 0.3) is 0 Å². The van der Waals surface area contributed by atoms with E-state index in [1.165, 1.54) is 0 Å². The molecule has 0 aromatic heterocycles. The number of nitrogens with zero attached hydrogens (tertiary/aromatic N) is 1. The fourth-order valence-electron chi connectivity index (χ4n) is 1.91. The smallest absolute Gasteiger partial charge is 0.174 e. The van der Waals surface area contributed by atoms with Crippen molar-refractivity contribution in [2.75, 3.05) is 12.9 Å². The second kappa shape index (κ2) is 7.94. The lowest BCUT2D eigenvalue weighted by molar-refractivity contribution is 0.250. The first kappa shape index (κ1) is 15.7. The van der Waals surface area contributed by atoms with E-state index in [-0.39, 0.29) is 5.84 Å². The average molecular weight is 282 g/mol. The molecule has 0 fully saturated rings. The summed E-state index contributed by atoms with van der Waals surface area (Å²) in [6, 6.07) is 5.70. The van der Waals surface area contributed by atoms with E-state index in [2.05, 4.69) is 19.0 Å². The minimum absolute atomic E-state index is 0.0862. The van der Waals surface area contributed by atoms with E-state index in [1.807, 2.05) is 24.5 Å². The molecule has 1 aromatic carbocycles. The van der Waals surface area contributed by atoms with Crippen molar-refractivity contribution < 1.29 is 9.94 Å². The molecule has 5 heteroatoms. The molecule has 0 spiro atoms. The largest absolute Gasteiger partial charge is 0.493 e. The highest BCUT2D eigenvalue weighted by atomic mass is 32.2. The van der Waals surface area contributed by atoms with Crippen LogP contribution in [0.15, 0.2) is 28.3 Å². The third-order valence-corrected chi connectivity index (χ3v) is 3.66. The topological polar surface area (TPSA) is 67.8 Å². The predicted octanol–water partition coefficient (Wildman–Crippen LogP) is 3.32. The molecule has 0 saturated heterocycles.